The minimum Gasteiger partial charge on any atom is -0.378 e. The van der Waals surface area contributed by atoms with Crippen LogP contribution in [0, 0.1) is 5.92 Å². The van der Waals surface area contributed by atoms with Gasteiger partial charge in [0.25, 0.3) is 5.91 Å². The molecule has 2 saturated heterocycles. The Morgan fingerprint density at radius 2 is 1.92 bits per heavy atom. The number of hydrogen-bond donors (Lipinski definition) is 1. The molecule has 6 heteroatoms. The van der Waals surface area contributed by atoms with Crippen molar-refractivity contribution in [1.29, 1.82) is 0 Å². The van der Waals surface area contributed by atoms with E-state index in [0.717, 1.165) is 25.9 Å². The second kappa shape index (κ2) is 7.77. The smallest absolute Gasteiger partial charge is 0.256 e. The molecule has 0 aliphatic carbocycles. The van der Waals surface area contributed by atoms with Crippen LogP contribution in [0.2, 0.25) is 0 Å². The fraction of sp³-hybridized carbons (Fsp3) is 0.556. The SMILES string of the molecule is CN1CCC[C@@H](C(=O)Nc2ccccc2C(=O)N2CCOCC2)C1. The van der Waals surface area contributed by atoms with Crippen LogP contribution in [0.25, 0.3) is 0 Å². The molecule has 1 aromatic carbocycles. The van der Waals surface area contributed by atoms with Crippen molar-refractivity contribution in [2.24, 2.45) is 5.92 Å². The molecule has 0 aromatic heterocycles. The summed E-state index contributed by atoms with van der Waals surface area (Å²) in [7, 11) is 2.04. The number of benzene rings is 1. The molecule has 1 aromatic rings. The van der Waals surface area contributed by atoms with E-state index in [-0.39, 0.29) is 17.7 Å². The van der Waals surface area contributed by atoms with Gasteiger partial charge >= 0.3 is 0 Å². The lowest BCUT2D eigenvalue weighted by molar-refractivity contribution is -0.121. The Balaban J connectivity index is 1.71. The second-order valence-electron chi connectivity index (χ2n) is 6.54. The Hall–Kier alpha value is -1.92. The van der Waals surface area contributed by atoms with Crippen molar-refractivity contribution in [1.82, 2.24) is 9.80 Å². The predicted octanol–water partition coefficient (Wildman–Crippen LogP) is 1.44. The summed E-state index contributed by atoms with van der Waals surface area (Å²) in [5.74, 6) is -0.0611. The molecule has 24 heavy (non-hydrogen) atoms. The Morgan fingerprint density at radius 1 is 1.17 bits per heavy atom. The van der Waals surface area contributed by atoms with E-state index in [4.69, 9.17) is 4.74 Å². The number of nitrogens with zero attached hydrogens (tertiary/aromatic N) is 2. The average Bonchev–Trinajstić information content (AvgIpc) is 2.62. The molecule has 3 rings (SSSR count). The number of hydrogen-bond acceptors (Lipinski definition) is 4. The molecule has 2 fully saturated rings. The van der Waals surface area contributed by atoms with Crippen molar-refractivity contribution in [3.63, 3.8) is 0 Å². The molecule has 2 aliphatic heterocycles. The zero-order valence-electron chi connectivity index (χ0n) is 14.2. The van der Waals surface area contributed by atoms with E-state index < -0.39 is 0 Å². The van der Waals surface area contributed by atoms with Crippen molar-refractivity contribution in [2.75, 3.05) is 51.8 Å². The van der Waals surface area contributed by atoms with Gasteiger partial charge in [-0.15, -0.1) is 0 Å². The molecule has 2 amide bonds. The van der Waals surface area contributed by atoms with Crippen LogP contribution in [-0.4, -0.2) is 68.1 Å². The summed E-state index contributed by atoms with van der Waals surface area (Å²) in [6, 6.07) is 7.26. The number of rotatable bonds is 3. The van der Waals surface area contributed by atoms with Gasteiger partial charge in [-0.05, 0) is 38.6 Å². The maximum Gasteiger partial charge on any atom is 0.256 e. The minimum absolute atomic E-state index is 0.00350. The number of likely N-dealkylation sites (tertiary alicyclic amines) is 1. The fourth-order valence-corrected chi connectivity index (χ4v) is 3.33. The van der Waals surface area contributed by atoms with Crippen molar-refractivity contribution in [3.05, 3.63) is 29.8 Å². The van der Waals surface area contributed by atoms with E-state index in [1.54, 1.807) is 17.0 Å². The molecule has 0 saturated carbocycles. The number of amides is 2. The van der Waals surface area contributed by atoms with Gasteiger partial charge < -0.3 is 19.9 Å². The molecule has 2 aliphatic rings. The molecule has 1 N–H and O–H groups in total. The number of ether oxygens (including phenoxy) is 1. The number of anilines is 1. The first-order chi connectivity index (χ1) is 11.6. The monoisotopic (exact) mass is 331 g/mol. The van der Waals surface area contributed by atoms with Gasteiger partial charge in [0.1, 0.15) is 0 Å². The van der Waals surface area contributed by atoms with Crippen molar-refractivity contribution >= 4 is 17.5 Å². The molecule has 0 spiro atoms. The molecule has 2 heterocycles. The summed E-state index contributed by atoms with van der Waals surface area (Å²) in [5.41, 5.74) is 1.16. The summed E-state index contributed by atoms with van der Waals surface area (Å²) in [6.45, 7) is 4.12. The number of morpholine rings is 1. The maximum absolute atomic E-state index is 12.7. The van der Waals surface area contributed by atoms with Crippen molar-refractivity contribution in [2.45, 2.75) is 12.8 Å². The van der Waals surface area contributed by atoms with Crippen LogP contribution in [0.15, 0.2) is 24.3 Å². The van der Waals surface area contributed by atoms with Crippen molar-refractivity contribution < 1.29 is 14.3 Å². The lowest BCUT2D eigenvalue weighted by Gasteiger charge is -2.29. The standard InChI is InChI=1S/C18H25N3O3/c1-20-8-4-5-14(13-20)17(22)19-16-7-3-2-6-15(16)18(23)21-9-11-24-12-10-21/h2-3,6-7,14H,4-5,8-13H2,1H3,(H,19,22)/t14-/m1/s1. The second-order valence-corrected chi connectivity index (χ2v) is 6.54. The zero-order valence-corrected chi connectivity index (χ0v) is 14.2. The van der Waals surface area contributed by atoms with Crippen LogP contribution in [0.3, 0.4) is 0 Å². The van der Waals surface area contributed by atoms with Crippen LogP contribution in [-0.2, 0) is 9.53 Å². The van der Waals surface area contributed by atoms with E-state index in [2.05, 4.69) is 10.2 Å². The normalized spacial score (nSPS) is 22.2. The van der Waals surface area contributed by atoms with Crippen LogP contribution in [0.4, 0.5) is 5.69 Å². The quantitative estimate of drug-likeness (QED) is 0.910. The third-order valence-corrected chi connectivity index (χ3v) is 4.71. The van der Waals surface area contributed by atoms with Crippen LogP contribution < -0.4 is 5.32 Å². The highest BCUT2D eigenvalue weighted by Crippen LogP contribution is 2.21. The molecule has 130 valence electrons. The number of piperidine rings is 1. The van der Waals surface area contributed by atoms with Crippen LogP contribution in [0.5, 0.6) is 0 Å². The Labute approximate surface area is 142 Å². The number of carbonyl (C=O) groups is 2. The number of nitrogens with one attached hydrogen (secondary N) is 1. The Morgan fingerprint density at radius 3 is 2.67 bits per heavy atom. The van der Waals surface area contributed by atoms with E-state index in [1.807, 2.05) is 19.2 Å². The van der Waals surface area contributed by atoms with Gasteiger partial charge in [0.15, 0.2) is 0 Å². The maximum atomic E-state index is 12.7. The summed E-state index contributed by atoms with van der Waals surface area (Å²) < 4.78 is 5.30. The van der Waals surface area contributed by atoms with Crippen molar-refractivity contribution in [3.8, 4) is 0 Å². The van der Waals surface area contributed by atoms with Crippen LogP contribution >= 0.6 is 0 Å². The first kappa shape index (κ1) is 16.9. The highest BCUT2D eigenvalue weighted by molar-refractivity contribution is 6.04. The lowest BCUT2D eigenvalue weighted by atomic mass is 9.97. The predicted molar refractivity (Wildman–Crippen MR) is 92.0 cm³/mol. The zero-order chi connectivity index (χ0) is 16.9. The third-order valence-electron chi connectivity index (χ3n) is 4.71. The van der Waals surface area contributed by atoms with E-state index in [9.17, 15) is 9.59 Å². The first-order valence-electron chi connectivity index (χ1n) is 8.60. The minimum atomic E-state index is -0.0463. The fourth-order valence-electron chi connectivity index (χ4n) is 3.33. The Kier molecular flexibility index (Phi) is 5.48. The van der Waals surface area contributed by atoms with Gasteiger partial charge in [-0.2, -0.15) is 0 Å². The highest BCUT2D eigenvalue weighted by atomic mass is 16.5. The number of para-hydroxylation sites is 1. The molecule has 0 unspecified atom stereocenters. The molecular formula is C18H25N3O3. The van der Waals surface area contributed by atoms with Gasteiger partial charge in [0.05, 0.1) is 30.4 Å². The first-order valence-corrected chi connectivity index (χ1v) is 8.60. The van der Waals surface area contributed by atoms with Gasteiger partial charge in [0, 0.05) is 19.6 Å². The third kappa shape index (κ3) is 3.94. The van der Waals surface area contributed by atoms with E-state index >= 15 is 0 Å². The highest BCUT2D eigenvalue weighted by Gasteiger charge is 2.26. The average molecular weight is 331 g/mol. The van der Waals surface area contributed by atoms with E-state index in [1.165, 1.54) is 0 Å². The molecule has 0 bridgehead atoms. The van der Waals surface area contributed by atoms with Gasteiger partial charge in [0.2, 0.25) is 5.91 Å². The summed E-state index contributed by atoms with van der Waals surface area (Å²) in [6.07, 6.45) is 1.93. The van der Waals surface area contributed by atoms with Gasteiger partial charge in [-0.1, -0.05) is 12.1 Å². The number of carbonyl (C=O) groups excluding carboxylic acids is 2. The summed E-state index contributed by atoms with van der Waals surface area (Å²) >= 11 is 0. The Bertz CT molecular complexity index is 599. The molecule has 1 atom stereocenters. The van der Waals surface area contributed by atoms with Gasteiger partial charge in [-0.3, -0.25) is 9.59 Å². The van der Waals surface area contributed by atoms with Gasteiger partial charge in [-0.25, -0.2) is 0 Å². The summed E-state index contributed by atoms with van der Waals surface area (Å²) in [5, 5.41) is 2.98. The largest absolute Gasteiger partial charge is 0.378 e. The topological polar surface area (TPSA) is 61.9 Å². The molecule has 0 radical (unpaired) electrons. The molecular weight excluding hydrogens is 306 g/mol. The van der Waals surface area contributed by atoms with Crippen LogP contribution in [0.1, 0.15) is 23.2 Å². The molecule has 6 nitrogen and oxygen atoms in total. The summed E-state index contributed by atoms with van der Waals surface area (Å²) in [4.78, 5) is 29.3. The van der Waals surface area contributed by atoms with E-state index in [0.29, 0.717) is 37.6 Å². The lowest BCUT2D eigenvalue weighted by Crippen LogP contribution is -2.41.